The van der Waals surface area contributed by atoms with E-state index < -0.39 is 11.6 Å². The van der Waals surface area contributed by atoms with Gasteiger partial charge in [-0.3, -0.25) is 0 Å². The van der Waals surface area contributed by atoms with E-state index in [2.05, 4.69) is 15.9 Å². The molecule has 6 heteroatoms. The summed E-state index contributed by atoms with van der Waals surface area (Å²) in [5.41, 5.74) is 6.59. The normalized spacial score (nSPS) is 10.5. The summed E-state index contributed by atoms with van der Waals surface area (Å²) in [5, 5.41) is -0.00973. The van der Waals surface area contributed by atoms with Gasteiger partial charge in [-0.05, 0) is 40.2 Å². The standard InChI is InChI=1S/C13H9BrClF2NO/c14-9-4-10(15)11(17)5-13(9)19-6-7-3-8(16)1-2-12(7)18/h1-5H,6,18H2. The average Bonchev–Trinajstić information content (AvgIpc) is 2.36. The van der Waals surface area contributed by atoms with Crippen LogP contribution in [-0.2, 0) is 6.61 Å². The Morgan fingerprint density at radius 3 is 2.68 bits per heavy atom. The van der Waals surface area contributed by atoms with E-state index in [9.17, 15) is 8.78 Å². The molecule has 0 saturated carbocycles. The summed E-state index contributed by atoms with van der Waals surface area (Å²) in [6, 6.07) is 6.53. The molecule has 0 radical (unpaired) electrons. The first-order chi connectivity index (χ1) is 8.97. The van der Waals surface area contributed by atoms with Crippen molar-refractivity contribution in [3.8, 4) is 5.75 Å². The van der Waals surface area contributed by atoms with Crippen molar-refractivity contribution in [1.29, 1.82) is 0 Å². The lowest BCUT2D eigenvalue weighted by atomic mass is 10.2. The second-order valence-corrected chi connectivity index (χ2v) is 5.09. The summed E-state index contributed by atoms with van der Waals surface area (Å²) in [5.74, 6) is -0.730. The molecule has 0 bridgehead atoms. The van der Waals surface area contributed by atoms with Crippen molar-refractivity contribution < 1.29 is 13.5 Å². The SMILES string of the molecule is Nc1ccc(F)cc1COc1cc(F)c(Cl)cc1Br. The maximum absolute atomic E-state index is 13.3. The van der Waals surface area contributed by atoms with Gasteiger partial charge in [0.1, 0.15) is 24.0 Å². The lowest BCUT2D eigenvalue weighted by Gasteiger charge is -2.10. The van der Waals surface area contributed by atoms with E-state index >= 15 is 0 Å². The van der Waals surface area contributed by atoms with Gasteiger partial charge in [0.05, 0.1) is 9.50 Å². The molecule has 2 rings (SSSR count). The number of hydrogen-bond donors (Lipinski definition) is 1. The monoisotopic (exact) mass is 347 g/mol. The molecule has 0 saturated heterocycles. The van der Waals surface area contributed by atoms with Gasteiger partial charge in [0.15, 0.2) is 0 Å². The Labute approximate surface area is 122 Å². The molecule has 0 aliphatic heterocycles. The second kappa shape index (κ2) is 5.75. The van der Waals surface area contributed by atoms with E-state index in [4.69, 9.17) is 22.1 Å². The van der Waals surface area contributed by atoms with Crippen molar-refractivity contribution in [2.75, 3.05) is 5.73 Å². The lowest BCUT2D eigenvalue weighted by molar-refractivity contribution is 0.302. The Morgan fingerprint density at radius 2 is 1.95 bits per heavy atom. The van der Waals surface area contributed by atoms with Crippen LogP contribution < -0.4 is 10.5 Å². The number of rotatable bonds is 3. The highest BCUT2D eigenvalue weighted by Crippen LogP contribution is 2.31. The van der Waals surface area contributed by atoms with Crippen LogP contribution in [0.3, 0.4) is 0 Å². The third kappa shape index (κ3) is 3.36. The minimum Gasteiger partial charge on any atom is -0.488 e. The minimum absolute atomic E-state index is 0.00973. The fourth-order valence-electron chi connectivity index (χ4n) is 1.47. The summed E-state index contributed by atoms with van der Waals surface area (Å²) in [4.78, 5) is 0. The second-order valence-electron chi connectivity index (χ2n) is 3.83. The zero-order valence-corrected chi connectivity index (χ0v) is 11.9. The smallest absolute Gasteiger partial charge is 0.145 e. The molecule has 0 aromatic heterocycles. The van der Waals surface area contributed by atoms with Crippen molar-refractivity contribution in [2.24, 2.45) is 0 Å². The number of hydrogen-bond acceptors (Lipinski definition) is 2. The average molecular weight is 349 g/mol. The Morgan fingerprint density at radius 1 is 1.21 bits per heavy atom. The largest absolute Gasteiger partial charge is 0.488 e. The quantitative estimate of drug-likeness (QED) is 0.653. The summed E-state index contributed by atoms with van der Waals surface area (Å²) in [6.07, 6.45) is 0. The molecule has 0 atom stereocenters. The Balaban J connectivity index is 2.19. The fourth-order valence-corrected chi connectivity index (χ4v) is 2.22. The predicted molar refractivity (Wildman–Crippen MR) is 74.3 cm³/mol. The van der Waals surface area contributed by atoms with Crippen LogP contribution in [0, 0.1) is 11.6 Å². The highest BCUT2D eigenvalue weighted by molar-refractivity contribution is 9.10. The number of anilines is 1. The van der Waals surface area contributed by atoms with Crippen molar-refractivity contribution in [1.82, 2.24) is 0 Å². The summed E-state index contributed by atoms with van der Waals surface area (Å²) in [7, 11) is 0. The molecule has 100 valence electrons. The fraction of sp³-hybridized carbons (Fsp3) is 0.0769. The van der Waals surface area contributed by atoms with Crippen LogP contribution in [0.15, 0.2) is 34.8 Å². The molecule has 0 aliphatic carbocycles. The Kier molecular flexibility index (Phi) is 4.27. The molecule has 2 aromatic carbocycles. The molecule has 2 N–H and O–H groups in total. The highest BCUT2D eigenvalue weighted by Gasteiger charge is 2.09. The van der Waals surface area contributed by atoms with E-state index in [1.54, 1.807) is 0 Å². The van der Waals surface area contributed by atoms with Gasteiger partial charge in [0, 0.05) is 17.3 Å². The van der Waals surface area contributed by atoms with Crippen molar-refractivity contribution >= 4 is 33.2 Å². The van der Waals surface area contributed by atoms with Crippen LogP contribution in [-0.4, -0.2) is 0 Å². The number of nitrogen functional groups attached to an aromatic ring is 1. The first-order valence-electron chi connectivity index (χ1n) is 5.28. The molecule has 0 unspecified atom stereocenters. The van der Waals surface area contributed by atoms with Gasteiger partial charge in [-0.15, -0.1) is 0 Å². The summed E-state index contributed by atoms with van der Waals surface area (Å²) >= 11 is 8.83. The van der Waals surface area contributed by atoms with Crippen LogP contribution in [0.2, 0.25) is 5.02 Å². The molecule has 0 amide bonds. The van der Waals surface area contributed by atoms with Crippen LogP contribution >= 0.6 is 27.5 Å². The molecule has 2 aromatic rings. The van der Waals surface area contributed by atoms with E-state index in [1.165, 1.54) is 24.3 Å². The van der Waals surface area contributed by atoms with E-state index in [1.807, 2.05) is 0 Å². The van der Waals surface area contributed by atoms with E-state index in [0.717, 1.165) is 6.07 Å². The predicted octanol–water partition coefficient (Wildman–Crippen LogP) is 4.54. The van der Waals surface area contributed by atoms with Crippen molar-refractivity contribution in [2.45, 2.75) is 6.61 Å². The minimum atomic E-state index is -0.591. The molecule has 19 heavy (non-hydrogen) atoms. The summed E-state index contributed by atoms with van der Waals surface area (Å²) < 4.78 is 32.3. The Bertz CT molecular complexity index is 622. The number of nitrogens with two attached hydrogens (primary N) is 1. The van der Waals surface area contributed by atoms with Crippen LogP contribution in [0.25, 0.3) is 0 Å². The van der Waals surface area contributed by atoms with Gasteiger partial charge in [-0.2, -0.15) is 0 Å². The first kappa shape index (κ1) is 14.1. The third-order valence-corrected chi connectivity index (χ3v) is 3.37. The van der Waals surface area contributed by atoms with Gasteiger partial charge in [-0.1, -0.05) is 11.6 Å². The van der Waals surface area contributed by atoms with Crippen LogP contribution in [0.4, 0.5) is 14.5 Å². The molecule has 2 nitrogen and oxygen atoms in total. The van der Waals surface area contributed by atoms with Gasteiger partial charge in [0.2, 0.25) is 0 Å². The van der Waals surface area contributed by atoms with Gasteiger partial charge < -0.3 is 10.5 Å². The van der Waals surface area contributed by atoms with E-state index in [0.29, 0.717) is 15.7 Å². The first-order valence-corrected chi connectivity index (χ1v) is 6.45. The Hall–Kier alpha value is -1.33. The van der Waals surface area contributed by atoms with Crippen LogP contribution in [0.5, 0.6) is 5.75 Å². The van der Waals surface area contributed by atoms with Gasteiger partial charge in [-0.25, -0.2) is 8.78 Å². The van der Waals surface area contributed by atoms with Gasteiger partial charge in [0.25, 0.3) is 0 Å². The van der Waals surface area contributed by atoms with Crippen LogP contribution in [0.1, 0.15) is 5.56 Å². The number of ether oxygens (including phenoxy) is 1. The zero-order chi connectivity index (χ0) is 14.0. The molecule has 0 heterocycles. The third-order valence-electron chi connectivity index (χ3n) is 2.46. The zero-order valence-electron chi connectivity index (χ0n) is 9.59. The van der Waals surface area contributed by atoms with Crippen molar-refractivity contribution in [3.05, 3.63) is 57.0 Å². The highest BCUT2D eigenvalue weighted by atomic mass is 79.9. The topological polar surface area (TPSA) is 35.2 Å². The molecule has 0 spiro atoms. The summed E-state index contributed by atoms with van der Waals surface area (Å²) in [6.45, 7) is 0.0310. The maximum atomic E-state index is 13.3. The molecule has 0 fully saturated rings. The van der Waals surface area contributed by atoms with Gasteiger partial charge >= 0.3 is 0 Å². The molecule has 0 aliphatic rings. The molecular formula is C13H9BrClF2NO. The number of benzene rings is 2. The maximum Gasteiger partial charge on any atom is 0.145 e. The van der Waals surface area contributed by atoms with E-state index in [-0.39, 0.29) is 17.4 Å². The number of halogens is 4. The molecular weight excluding hydrogens is 340 g/mol. The lowest BCUT2D eigenvalue weighted by Crippen LogP contribution is -2.01. The van der Waals surface area contributed by atoms with Crippen molar-refractivity contribution in [3.63, 3.8) is 0 Å².